The van der Waals surface area contributed by atoms with Crippen LogP contribution in [0.25, 0.3) is 11.1 Å². The third kappa shape index (κ3) is 3.19. The molecule has 1 heterocycles. The summed E-state index contributed by atoms with van der Waals surface area (Å²) in [5.41, 5.74) is -1.16. The Morgan fingerprint density at radius 2 is 1.82 bits per heavy atom. The number of halogens is 3. The molecule has 0 radical (unpaired) electrons. The average Bonchev–Trinajstić information content (AvgIpc) is 2.46. The Morgan fingerprint density at radius 1 is 1.18 bits per heavy atom. The monoisotopic (exact) mass is 311 g/mol. The van der Waals surface area contributed by atoms with Crippen molar-refractivity contribution in [3.8, 4) is 11.1 Å². The van der Waals surface area contributed by atoms with Crippen molar-refractivity contribution in [3.63, 3.8) is 0 Å². The molecule has 0 spiro atoms. The van der Waals surface area contributed by atoms with E-state index in [1.807, 2.05) is 0 Å². The second kappa shape index (κ2) is 6.05. The zero-order chi connectivity index (χ0) is 16.3. The molecule has 4 nitrogen and oxygen atoms in total. The number of hydrogen-bond donors (Lipinski definition) is 1. The van der Waals surface area contributed by atoms with E-state index >= 15 is 0 Å². The van der Waals surface area contributed by atoms with Gasteiger partial charge in [-0.25, -0.2) is 4.79 Å². The van der Waals surface area contributed by atoms with Gasteiger partial charge in [-0.3, -0.25) is 4.79 Å². The van der Waals surface area contributed by atoms with E-state index in [1.165, 1.54) is 24.4 Å². The number of pyridine rings is 1. The van der Waals surface area contributed by atoms with Gasteiger partial charge in [0, 0.05) is 11.8 Å². The molecule has 0 aliphatic carbocycles. The summed E-state index contributed by atoms with van der Waals surface area (Å²) in [6, 6.07) is 5.65. The van der Waals surface area contributed by atoms with Gasteiger partial charge in [0.15, 0.2) is 0 Å². The van der Waals surface area contributed by atoms with E-state index in [2.05, 4.69) is 4.98 Å². The van der Waals surface area contributed by atoms with Crippen molar-refractivity contribution < 1.29 is 22.7 Å². The first-order chi connectivity index (χ1) is 10.3. The SMILES string of the molecule is CCOC(=O)c1c(-c2ccc(C(F)(F)F)cc2)cc[nH]c1=O. The number of benzene rings is 1. The summed E-state index contributed by atoms with van der Waals surface area (Å²) >= 11 is 0. The van der Waals surface area contributed by atoms with Gasteiger partial charge in [0.25, 0.3) is 5.56 Å². The number of ether oxygens (including phenoxy) is 1. The molecule has 22 heavy (non-hydrogen) atoms. The molecule has 0 saturated carbocycles. The predicted octanol–water partition coefficient (Wildman–Crippen LogP) is 3.24. The maximum Gasteiger partial charge on any atom is 0.416 e. The quantitative estimate of drug-likeness (QED) is 0.885. The molecule has 0 bridgehead atoms. The van der Waals surface area contributed by atoms with Crippen LogP contribution in [0.1, 0.15) is 22.8 Å². The molecular formula is C15H12F3NO3. The minimum absolute atomic E-state index is 0.0830. The Bertz CT molecular complexity index is 733. The Kier molecular flexibility index (Phi) is 4.35. The van der Waals surface area contributed by atoms with E-state index in [0.717, 1.165) is 12.1 Å². The zero-order valence-corrected chi connectivity index (χ0v) is 11.5. The van der Waals surface area contributed by atoms with Gasteiger partial charge in [-0.2, -0.15) is 13.2 Å². The molecule has 1 aromatic heterocycles. The van der Waals surface area contributed by atoms with E-state index in [0.29, 0.717) is 5.56 Å². The predicted molar refractivity (Wildman–Crippen MR) is 73.5 cm³/mol. The smallest absolute Gasteiger partial charge is 0.416 e. The lowest BCUT2D eigenvalue weighted by Crippen LogP contribution is -2.20. The number of rotatable bonds is 3. The topological polar surface area (TPSA) is 59.2 Å². The van der Waals surface area contributed by atoms with Gasteiger partial charge >= 0.3 is 12.1 Å². The van der Waals surface area contributed by atoms with E-state index in [1.54, 1.807) is 6.92 Å². The van der Waals surface area contributed by atoms with Gasteiger partial charge in [-0.05, 0) is 30.7 Å². The van der Waals surface area contributed by atoms with E-state index in [-0.39, 0.29) is 17.7 Å². The first kappa shape index (κ1) is 15.8. The molecule has 0 fully saturated rings. The molecule has 7 heteroatoms. The summed E-state index contributed by atoms with van der Waals surface area (Å²) < 4.78 is 42.5. The second-order valence-corrected chi connectivity index (χ2v) is 4.39. The molecule has 1 N–H and O–H groups in total. The highest BCUT2D eigenvalue weighted by atomic mass is 19.4. The fraction of sp³-hybridized carbons (Fsp3) is 0.200. The first-order valence-electron chi connectivity index (χ1n) is 6.41. The van der Waals surface area contributed by atoms with Crippen LogP contribution < -0.4 is 5.56 Å². The third-order valence-corrected chi connectivity index (χ3v) is 2.96. The van der Waals surface area contributed by atoms with Crippen molar-refractivity contribution in [1.82, 2.24) is 4.98 Å². The molecule has 116 valence electrons. The van der Waals surface area contributed by atoms with Gasteiger partial charge in [-0.1, -0.05) is 12.1 Å². The molecule has 0 unspecified atom stereocenters. The summed E-state index contributed by atoms with van der Waals surface area (Å²) in [6.45, 7) is 1.67. The van der Waals surface area contributed by atoms with Crippen molar-refractivity contribution in [1.29, 1.82) is 0 Å². The van der Waals surface area contributed by atoms with Crippen molar-refractivity contribution in [2.75, 3.05) is 6.61 Å². The van der Waals surface area contributed by atoms with Crippen LogP contribution >= 0.6 is 0 Å². The number of carbonyl (C=O) groups is 1. The van der Waals surface area contributed by atoms with Crippen LogP contribution in [0.2, 0.25) is 0 Å². The number of hydrogen-bond acceptors (Lipinski definition) is 3. The number of aromatic amines is 1. The summed E-state index contributed by atoms with van der Waals surface area (Å²) in [7, 11) is 0. The van der Waals surface area contributed by atoms with Crippen LogP contribution in [-0.2, 0) is 10.9 Å². The minimum Gasteiger partial charge on any atom is -0.462 e. The summed E-state index contributed by atoms with van der Waals surface area (Å²) in [5.74, 6) is -0.820. The van der Waals surface area contributed by atoms with E-state index < -0.39 is 23.3 Å². The Hall–Kier alpha value is -2.57. The fourth-order valence-corrected chi connectivity index (χ4v) is 1.96. The molecule has 0 atom stereocenters. The lowest BCUT2D eigenvalue weighted by molar-refractivity contribution is -0.137. The van der Waals surface area contributed by atoms with Crippen LogP contribution in [0.4, 0.5) is 13.2 Å². The third-order valence-electron chi connectivity index (χ3n) is 2.96. The average molecular weight is 311 g/mol. The lowest BCUT2D eigenvalue weighted by atomic mass is 10.0. The van der Waals surface area contributed by atoms with Crippen LogP contribution in [0.3, 0.4) is 0 Å². The van der Waals surface area contributed by atoms with Crippen molar-refractivity contribution in [2.45, 2.75) is 13.1 Å². The fourth-order valence-electron chi connectivity index (χ4n) is 1.96. The number of alkyl halides is 3. The first-order valence-corrected chi connectivity index (χ1v) is 6.41. The van der Waals surface area contributed by atoms with Gasteiger partial charge in [0.1, 0.15) is 5.56 Å². The number of carbonyl (C=O) groups excluding carboxylic acids is 1. The highest BCUT2D eigenvalue weighted by Gasteiger charge is 2.30. The highest BCUT2D eigenvalue weighted by Crippen LogP contribution is 2.31. The standard InChI is InChI=1S/C15H12F3NO3/c1-2-22-14(21)12-11(7-8-19-13(12)20)9-3-5-10(6-4-9)15(16,17)18/h3-8H,2H2,1H3,(H,19,20). The maximum absolute atomic E-state index is 12.6. The van der Waals surface area contributed by atoms with E-state index in [9.17, 15) is 22.8 Å². The van der Waals surface area contributed by atoms with Crippen LogP contribution in [0, 0.1) is 0 Å². The summed E-state index contributed by atoms with van der Waals surface area (Å²) in [6.07, 6.45) is -3.13. The molecular weight excluding hydrogens is 299 g/mol. The summed E-state index contributed by atoms with van der Waals surface area (Å²) in [5, 5.41) is 0. The number of nitrogens with one attached hydrogen (secondary N) is 1. The van der Waals surface area contributed by atoms with Crippen LogP contribution in [0.5, 0.6) is 0 Å². The maximum atomic E-state index is 12.6. The van der Waals surface area contributed by atoms with Crippen LogP contribution in [0.15, 0.2) is 41.3 Å². The number of H-pyrrole nitrogens is 1. The normalized spacial score (nSPS) is 11.3. The molecule has 2 aromatic rings. The lowest BCUT2D eigenvalue weighted by Gasteiger charge is -2.10. The van der Waals surface area contributed by atoms with Crippen molar-refractivity contribution >= 4 is 5.97 Å². The molecule has 0 saturated heterocycles. The minimum atomic E-state index is -4.45. The van der Waals surface area contributed by atoms with Gasteiger partial charge < -0.3 is 9.72 Å². The highest BCUT2D eigenvalue weighted by molar-refractivity contribution is 5.96. The zero-order valence-electron chi connectivity index (χ0n) is 11.5. The Balaban J connectivity index is 2.51. The van der Waals surface area contributed by atoms with Gasteiger partial charge in [0.05, 0.1) is 12.2 Å². The Labute approximate surface area is 123 Å². The molecule has 0 aliphatic rings. The largest absolute Gasteiger partial charge is 0.462 e. The van der Waals surface area contributed by atoms with Gasteiger partial charge in [-0.15, -0.1) is 0 Å². The van der Waals surface area contributed by atoms with E-state index in [4.69, 9.17) is 4.74 Å². The second-order valence-electron chi connectivity index (χ2n) is 4.39. The summed E-state index contributed by atoms with van der Waals surface area (Å²) in [4.78, 5) is 26.0. The van der Waals surface area contributed by atoms with Crippen LogP contribution in [-0.4, -0.2) is 17.6 Å². The molecule has 0 aliphatic heterocycles. The Morgan fingerprint density at radius 3 is 2.36 bits per heavy atom. The van der Waals surface area contributed by atoms with Crippen molar-refractivity contribution in [3.05, 3.63) is 58.0 Å². The van der Waals surface area contributed by atoms with Gasteiger partial charge in [0.2, 0.25) is 0 Å². The molecule has 0 amide bonds. The molecule has 2 rings (SSSR count). The number of aromatic nitrogens is 1. The van der Waals surface area contributed by atoms with Crippen molar-refractivity contribution in [2.24, 2.45) is 0 Å². The molecule has 1 aromatic carbocycles. The number of esters is 1.